The molecule has 0 aliphatic rings. The number of halogens is 1. The van der Waals surface area contributed by atoms with Crippen molar-refractivity contribution in [1.82, 2.24) is 4.98 Å². The van der Waals surface area contributed by atoms with E-state index in [-0.39, 0.29) is 12.6 Å². The van der Waals surface area contributed by atoms with Gasteiger partial charge in [0.2, 0.25) is 0 Å². The Kier molecular flexibility index (Phi) is 4.52. The summed E-state index contributed by atoms with van der Waals surface area (Å²) in [6, 6.07) is 10.6. The van der Waals surface area contributed by atoms with Gasteiger partial charge in [-0.1, -0.05) is 12.1 Å². The van der Waals surface area contributed by atoms with Crippen LogP contribution in [-0.4, -0.2) is 18.1 Å². The first-order valence-corrected chi connectivity index (χ1v) is 6.40. The fourth-order valence-electron chi connectivity index (χ4n) is 1.48. The summed E-state index contributed by atoms with van der Waals surface area (Å²) in [4.78, 5) is 15.8. The second kappa shape index (κ2) is 6.33. The minimum absolute atomic E-state index is 0.225. The molecule has 5 heteroatoms. The lowest BCUT2D eigenvalue weighted by molar-refractivity contribution is 0.0472. The van der Waals surface area contributed by atoms with Crippen molar-refractivity contribution < 1.29 is 14.3 Å². The van der Waals surface area contributed by atoms with Crippen molar-refractivity contribution in [2.24, 2.45) is 0 Å². The Labute approximate surface area is 119 Å². The summed E-state index contributed by atoms with van der Waals surface area (Å²) >= 11 is 3.21. The number of benzene rings is 1. The molecule has 4 nitrogen and oxygen atoms in total. The molecule has 0 saturated carbocycles. The third kappa shape index (κ3) is 3.79. The molecule has 2 rings (SSSR count). The number of hydrogen-bond acceptors (Lipinski definition) is 4. The maximum absolute atomic E-state index is 11.8. The zero-order chi connectivity index (χ0) is 13.7. The molecule has 1 heterocycles. The molecule has 0 N–H and O–H groups in total. The van der Waals surface area contributed by atoms with Crippen molar-refractivity contribution in [2.75, 3.05) is 7.11 Å². The lowest BCUT2D eigenvalue weighted by Crippen LogP contribution is -2.05. The van der Waals surface area contributed by atoms with E-state index in [0.717, 1.165) is 11.3 Å². The summed E-state index contributed by atoms with van der Waals surface area (Å²) < 4.78 is 10.9. The van der Waals surface area contributed by atoms with Gasteiger partial charge in [0.05, 0.1) is 12.7 Å². The number of carbonyl (C=O) groups is 1. The second-order valence-corrected chi connectivity index (χ2v) is 4.60. The van der Waals surface area contributed by atoms with E-state index >= 15 is 0 Å². The number of rotatable bonds is 4. The van der Waals surface area contributed by atoms with Crippen molar-refractivity contribution in [3.8, 4) is 5.75 Å². The summed E-state index contributed by atoms with van der Waals surface area (Å²) in [5, 5.41) is 0. The summed E-state index contributed by atoms with van der Waals surface area (Å²) in [7, 11) is 1.61. The molecule has 1 aromatic carbocycles. The molecule has 0 fully saturated rings. The molecule has 0 unspecified atom stereocenters. The molecule has 0 amide bonds. The van der Waals surface area contributed by atoms with E-state index in [1.54, 1.807) is 25.4 Å². The highest BCUT2D eigenvalue weighted by molar-refractivity contribution is 9.10. The minimum atomic E-state index is -0.376. The summed E-state index contributed by atoms with van der Waals surface area (Å²) in [5.41, 5.74) is 1.37. The van der Waals surface area contributed by atoms with Crippen LogP contribution in [0.4, 0.5) is 0 Å². The number of nitrogens with zero attached hydrogens (tertiary/aromatic N) is 1. The van der Waals surface area contributed by atoms with E-state index in [9.17, 15) is 4.79 Å². The van der Waals surface area contributed by atoms with Crippen LogP contribution in [0.2, 0.25) is 0 Å². The molecule has 0 saturated heterocycles. The highest BCUT2D eigenvalue weighted by Crippen LogP contribution is 2.13. The van der Waals surface area contributed by atoms with Gasteiger partial charge in [0, 0.05) is 6.20 Å². The average molecular weight is 322 g/mol. The van der Waals surface area contributed by atoms with Crippen LogP contribution in [0.25, 0.3) is 0 Å². The average Bonchev–Trinajstić information content (AvgIpc) is 2.45. The molecular weight excluding hydrogens is 310 g/mol. The number of esters is 1. The van der Waals surface area contributed by atoms with Gasteiger partial charge in [-0.25, -0.2) is 9.78 Å². The first-order chi connectivity index (χ1) is 9.19. The molecule has 0 aliphatic carbocycles. The van der Waals surface area contributed by atoms with E-state index in [1.165, 1.54) is 0 Å². The molecule has 0 atom stereocenters. The fraction of sp³-hybridized carbons (Fsp3) is 0.143. The van der Waals surface area contributed by atoms with Crippen molar-refractivity contribution in [2.45, 2.75) is 6.61 Å². The van der Waals surface area contributed by atoms with Crippen LogP contribution in [-0.2, 0) is 11.3 Å². The van der Waals surface area contributed by atoms with Gasteiger partial charge in [0.25, 0.3) is 0 Å². The van der Waals surface area contributed by atoms with Crippen LogP contribution in [0, 0.1) is 0 Å². The van der Waals surface area contributed by atoms with Gasteiger partial charge in [-0.2, -0.15) is 0 Å². The maximum Gasteiger partial charge on any atom is 0.338 e. The number of pyridine rings is 1. The molecule has 0 aliphatic heterocycles. The molecule has 19 heavy (non-hydrogen) atoms. The van der Waals surface area contributed by atoms with Crippen LogP contribution < -0.4 is 4.74 Å². The monoisotopic (exact) mass is 321 g/mol. The van der Waals surface area contributed by atoms with E-state index in [2.05, 4.69) is 20.9 Å². The Morgan fingerprint density at radius 3 is 2.63 bits per heavy atom. The van der Waals surface area contributed by atoms with E-state index in [4.69, 9.17) is 9.47 Å². The largest absolute Gasteiger partial charge is 0.497 e. The van der Waals surface area contributed by atoms with E-state index in [1.807, 2.05) is 24.3 Å². The predicted octanol–water partition coefficient (Wildman–Crippen LogP) is 3.21. The van der Waals surface area contributed by atoms with Gasteiger partial charge in [0.15, 0.2) is 0 Å². The van der Waals surface area contributed by atoms with Gasteiger partial charge in [-0.15, -0.1) is 0 Å². The van der Waals surface area contributed by atoms with Crippen LogP contribution in [0.3, 0.4) is 0 Å². The lowest BCUT2D eigenvalue weighted by atomic mass is 10.2. The van der Waals surface area contributed by atoms with Crippen LogP contribution >= 0.6 is 15.9 Å². The molecule has 0 bridgehead atoms. The van der Waals surface area contributed by atoms with Gasteiger partial charge in [-0.3, -0.25) is 0 Å². The first kappa shape index (κ1) is 13.5. The van der Waals surface area contributed by atoms with Crippen molar-refractivity contribution >= 4 is 21.9 Å². The van der Waals surface area contributed by atoms with Crippen LogP contribution in [0.5, 0.6) is 5.75 Å². The Morgan fingerprint density at radius 2 is 2.00 bits per heavy atom. The molecule has 2 aromatic rings. The third-order valence-corrected chi connectivity index (χ3v) is 2.92. The normalized spacial score (nSPS) is 10.0. The third-order valence-electron chi connectivity index (χ3n) is 2.49. The maximum atomic E-state index is 11.8. The first-order valence-electron chi connectivity index (χ1n) is 5.60. The van der Waals surface area contributed by atoms with E-state index in [0.29, 0.717) is 10.2 Å². The molecular formula is C14H12BrNO3. The Hall–Kier alpha value is -1.88. The number of hydrogen-bond donors (Lipinski definition) is 0. The van der Waals surface area contributed by atoms with Gasteiger partial charge >= 0.3 is 5.97 Å². The number of methoxy groups -OCH3 is 1. The molecule has 0 spiro atoms. The molecule has 98 valence electrons. The Morgan fingerprint density at radius 1 is 1.26 bits per heavy atom. The van der Waals surface area contributed by atoms with Gasteiger partial charge in [0.1, 0.15) is 17.0 Å². The zero-order valence-electron chi connectivity index (χ0n) is 10.3. The van der Waals surface area contributed by atoms with Crippen LogP contribution in [0.15, 0.2) is 47.2 Å². The SMILES string of the molecule is COc1ccc(COC(=O)c2ccnc(Br)c2)cc1. The number of ether oxygens (including phenoxy) is 2. The summed E-state index contributed by atoms with van der Waals surface area (Å²) in [5.74, 6) is 0.395. The number of aromatic nitrogens is 1. The highest BCUT2D eigenvalue weighted by Gasteiger charge is 2.08. The van der Waals surface area contributed by atoms with Gasteiger partial charge in [-0.05, 0) is 45.8 Å². The predicted molar refractivity (Wildman–Crippen MR) is 74.1 cm³/mol. The smallest absolute Gasteiger partial charge is 0.338 e. The Bertz CT molecular complexity index is 569. The second-order valence-electron chi connectivity index (χ2n) is 3.79. The summed E-state index contributed by atoms with van der Waals surface area (Å²) in [6.07, 6.45) is 1.55. The standard InChI is InChI=1S/C14H12BrNO3/c1-18-12-4-2-10(3-5-12)9-19-14(17)11-6-7-16-13(15)8-11/h2-8H,9H2,1H3. The quantitative estimate of drug-likeness (QED) is 0.641. The minimum Gasteiger partial charge on any atom is -0.497 e. The fourth-order valence-corrected chi connectivity index (χ4v) is 1.85. The summed E-state index contributed by atoms with van der Waals surface area (Å²) in [6.45, 7) is 0.225. The van der Waals surface area contributed by atoms with E-state index < -0.39 is 0 Å². The van der Waals surface area contributed by atoms with Crippen molar-refractivity contribution in [1.29, 1.82) is 0 Å². The van der Waals surface area contributed by atoms with Gasteiger partial charge < -0.3 is 9.47 Å². The van der Waals surface area contributed by atoms with Crippen molar-refractivity contribution in [3.63, 3.8) is 0 Å². The molecule has 1 aromatic heterocycles. The van der Waals surface area contributed by atoms with Crippen LogP contribution in [0.1, 0.15) is 15.9 Å². The highest BCUT2D eigenvalue weighted by atomic mass is 79.9. The Balaban J connectivity index is 1.96. The molecule has 0 radical (unpaired) electrons. The zero-order valence-corrected chi connectivity index (χ0v) is 11.9. The topological polar surface area (TPSA) is 48.4 Å². The van der Waals surface area contributed by atoms with Crippen molar-refractivity contribution in [3.05, 3.63) is 58.3 Å². The number of carbonyl (C=O) groups excluding carboxylic acids is 1. The lowest BCUT2D eigenvalue weighted by Gasteiger charge is -2.06.